The maximum atomic E-state index is 12.7. The van der Waals surface area contributed by atoms with E-state index in [9.17, 15) is 4.79 Å². The Kier molecular flexibility index (Phi) is 6.04. The molecule has 0 unspecified atom stereocenters. The molecular formula is C20H23BrN2O3. The van der Waals surface area contributed by atoms with E-state index in [2.05, 4.69) is 33.0 Å². The van der Waals surface area contributed by atoms with Gasteiger partial charge in [0, 0.05) is 36.3 Å². The number of piperazine rings is 1. The number of carbonyl (C=O) groups is 1. The Morgan fingerprint density at radius 3 is 2.23 bits per heavy atom. The molecule has 26 heavy (non-hydrogen) atoms. The van der Waals surface area contributed by atoms with E-state index in [1.165, 1.54) is 5.69 Å². The van der Waals surface area contributed by atoms with Gasteiger partial charge in [0.15, 0.2) is 11.5 Å². The maximum absolute atomic E-state index is 12.7. The molecular weight excluding hydrogens is 396 g/mol. The molecule has 1 fully saturated rings. The summed E-state index contributed by atoms with van der Waals surface area (Å²) in [5, 5.41) is 0. The highest BCUT2D eigenvalue weighted by atomic mass is 79.9. The first-order valence-electron chi connectivity index (χ1n) is 8.60. The lowest BCUT2D eigenvalue weighted by Crippen LogP contribution is -2.49. The molecule has 1 saturated heterocycles. The molecule has 1 amide bonds. The van der Waals surface area contributed by atoms with Gasteiger partial charge in [0.1, 0.15) is 0 Å². The highest BCUT2D eigenvalue weighted by molar-refractivity contribution is 9.10. The van der Waals surface area contributed by atoms with Crippen LogP contribution in [0.4, 0.5) is 5.69 Å². The summed E-state index contributed by atoms with van der Waals surface area (Å²) < 4.78 is 11.5. The molecule has 3 rings (SSSR count). The SMILES string of the molecule is COc1cc(Br)c(CC(=O)N2CCN(c3ccccc3)CC2)cc1OC. The molecule has 0 aromatic heterocycles. The lowest BCUT2D eigenvalue weighted by molar-refractivity contribution is -0.130. The zero-order valence-electron chi connectivity index (χ0n) is 15.1. The van der Waals surface area contributed by atoms with Crippen molar-refractivity contribution in [2.24, 2.45) is 0 Å². The maximum Gasteiger partial charge on any atom is 0.227 e. The lowest BCUT2D eigenvalue weighted by atomic mass is 10.1. The molecule has 0 spiro atoms. The molecule has 1 aliphatic rings. The van der Waals surface area contributed by atoms with Crippen molar-refractivity contribution < 1.29 is 14.3 Å². The van der Waals surface area contributed by atoms with E-state index < -0.39 is 0 Å². The van der Waals surface area contributed by atoms with Crippen molar-refractivity contribution in [2.75, 3.05) is 45.3 Å². The van der Waals surface area contributed by atoms with E-state index in [-0.39, 0.29) is 5.91 Å². The predicted molar refractivity (Wildman–Crippen MR) is 106 cm³/mol. The number of benzene rings is 2. The van der Waals surface area contributed by atoms with Gasteiger partial charge >= 0.3 is 0 Å². The van der Waals surface area contributed by atoms with Gasteiger partial charge in [-0.05, 0) is 29.8 Å². The van der Waals surface area contributed by atoms with Crippen molar-refractivity contribution in [3.8, 4) is 11.5 Å². The van der Waals surface area contributed by atoms with Crippen molar-refractivity contribution in [3.05, 3.63) is 52.5 Å². The highest BCUT2D eigenvalue weighted by Crippen LogP contribution is 2.33. The fourth-order valence-corrected chi connectivity index (χ4v) is 3.62. The fourth-order valence-electron chi connectivity index (χ4n) is 3.16. The van der Waals surface area contributed by atoms with Crippen LogP contribution in [0.5, 0.6) is 11.5 Å². The summed E-state index contributed by atoms with van der Waals surface area (Å²) in [5.41, 5.74) is 2.11. The Morgan fingerprint density at radius 2 is 1.62 bits per heavy atom. The molecule has 2 aromatic rings. The van der Waals surface area contributed by atoms with Gasteiger partial charge in [-0.25, -0.2) is 0 Å². The predicted octanol–water partition coefficient (Wildman–Crippen LogP) is 3.36. The van der Waals surface area contributed by atoms with Crippen molar-refractivity contribution in [3.63, 3.8) is 0 Å². The fraction of sp³-hybridized carbons (Fsp3) is 0.350. The topological polar surface area (TPSA) is 42.0 Å². The summed E-state index contributed by atoms with van der Waals surface area (Å²) in [6.45, 7) is 3.17. The number of hydrogen-bond acceptors (Lipinski definition) is 4. The second kappa shape index (κ2) is 8.45. The molecule has 6 heteroatoms. The average Bonchev–Trinajstić information content (AvgIpc) is 2.69. The number of carbonyl (C=O) groups excluding carboxylic acids is 1. The zero-order chi connectivity index (χ0) is 18.5. The number of rotatable bonds is 5. The average molecular weight is 419 g/mol. The Labute approximate surface area is 162 Å². The van der Waals surface area contributed by atoms with Crippen LogP contribution in [-0.4, -0.2) is 51.2 Å². The van der Waals surface area contributed by atoms with Crippen LogP contribution in [-0.2, 0) is 11.2 Å². The number of para-hydroxylation sites is 1. The van der Waals surface area contributed by atoms with Gasteiger partial charge < -0.3 is 19.3 Å². The van der Waals surface area contributed by atoms with Gasteiger partial charge in [0.2, 0.25) is 5.91 Å². The Hall–Kier alpha value is -2.21. The molecule has 0 saturated carbocycles. The number of anilines is 1. The zero-order valence-corrected chi connectivity index (χ0v) is 16.7. The molecule has 1 heterocycles. The number of methoxy groups -OCH3 is 2. The summed E-state index contributed by atoms with van der Waals surface area (Å²) in [6.07, 6.45) is 0.340. The van der Waals surface area contributed by atoms with Gasteiger partial charge in [-0.1, -0.05) is 34.1 Å². The van der Waals surface area contributed by atoms with Crippen molar-refractivity contribution >= 4 is 27.5 Å². The molecule has 1 aliphatic heterocycles. The second-order valence-electron chi connectivity index (χ2n) is 6.18. The largest absolute Gasteiger partial charge is 0.493 e. The van der Waals surface area contributed by atoms with Crippen molar-refractivity contribution in [2.45, 2.75) is 6.42 Å². The first kappa shape index (κ1) is 18.6. The van der Waals surface area contributed by atoms with E-state index in [4.69, 9.17) is 9.47 Å². The quantitative estimate of drug-likeness (QED) is 0.746. The minimum atomic E-state index is 0.130. The molecule has 0 atom stereocenters. The van der Waals surface area contributed by atoms with E-state index >= 15 is 0 Å². The molecule has 0 radical (unpaired) electrons. The number of nitrogens with zero attached hydrogens (tertiary/aromatic N) is 2. The van der Waals surface area contributed by atoms with E-state index in [0.717, 1.165) is 36.2 Å². The molecule has 5 nitrogen and oxygen atoms in total. The Balaban J connectivity index is 1.63. The van der Waals surface area contributed by atoms with E-state index in [0.29, 0.717) is 17.9 Å². The smallest absolute Gasteiger partial charge is 0.227 e. The third-order valence-corrected chi connectivity index (χ3v) is 5.39. The first-order valence-corrected chi connectivity index (χ1v) is 9.40. The minimum absolute atomic E-state index is 0.130. The molecule has 2 aromatic carbocycles. The number of amides is 1. The third kappa shape index (κ3) is 4.12. The monoisotopic (exact) mass is 418 g/mol. The van der Waals surface area contributed by atoms with Gasteiger partial charge in [0.25, 0.3) is 0 Å². The van der Waals surface area contributed by atoms with Gasteiger partial charge in [-0.3, -0.25) is 4.79 Å². The molecule has 0 bridgehead atoms. The van der Waals surface area contributed by atoms with Gasteiger partial charge in [0.05, 0.1) is 20.6 Å². The lowest BCUT2D eigenvalue weighted by Gasteiger charge is -2.36. The van der Waals surface area contributed by atoms with Crippen molar-refractivity contribution in [1.82, 2.24) is 4.90 Å². The Morgan fingerprint density at radius 1 is 1.00 bits per heavy atom. The van der Waals surface area contributed by atoms with Crippen LogP contribution in [0, 0.1) is 0 Å². The molecule has 0 aliphatic carbocycles. The van der Waals surface area contributed by atoms with Crippen LogP contribution in [0.3, 0.4) is 0 Å². The molecule has 138 valence electrons. The second-order valence-corrected chi connectivity index (χ2v) is 7.03. The molecule has 0 N–H and O–H groups in total. The van der Waals surface area contributed by atoms with Crippen LogP contribution in [0.25, 0.3) is 0 Å². The van der Waals surface area contributed by atoms with Crippen LogP contribution >= 0.6 is 15.9 Å². The minimum Gasteiger partial charge on any atom is -0.493 e. The van der Waals surface area contributed by atoms with Crippen LogP contribution in [0.15, 0.2) is 46.9 Å². The Bertz CT molecular complexity index is 759. The van der Waals surface area contributed by atoms with Crippen molar-refractivity contribution in [1.29, 1.82) is 0 Å². The van der Waals surface area contributed by atoms with Crippen LogP contribution in [0.2, 0.25) is 0 Å². The van der Waals surface area contributed by atoms with Gasteiger partial charge in [-0.15, -0.1) is 0 Å². The normalized spacial score (nSPS) is 14.3. The summed E-state index contributed by atoms with van der Waals surface area (Å²) in [4.78, 5) is 17.0. The van der Waals surface area contributed by atoms with Crippen LogP contribution in [0.1, 0.15) is 5.56 Å². The van der Waals surface area contributed by atoms with E-state index in [1.807, 2.05) is 35.2 Å². The first-order chi connectivity index (χ1) is 12.6. The summed E-state index contributed by atoms with van der Waals surface area (Å²) >= 11 is 3.53. The highest BCUT2D eigenvalue weighted by Gasteiger charge is 2.22. The third-order valence-electron chi connectivity index (χ3n) is 4.65. The standard InChI is InChI=1S/C20H23BrN2O3/c1-25-18-12-15(17(21)14-19(18)26-2)13-20(24)23-10-8-22(9-11-23)16-6-4-3-5-7-16/h3-7,12,14H,8-11,13H2,1-2H3. The van der Waals surface area contributed by atoms with Crippen LogP contribution < -0.4 is 14.4 Å². The summed E-state index contributed by atoms with van der Waals surface area (Å²) in [7, 11) is 3.20. The summed E-state index contributed by atoms with van der Waals surface area (Å²) in [5.74, 6) is 1.41. The number of hydrogen-bond donors (Lipinski definition) is 0. The summed E-state index contributed by atoms with van der Waals surface area (Å²) in [6, 6.07) is 14.0. The number of ether oxygens (including phenoxy) is 2. The van der Waals surface area contributed by atoms with E-state index in [1.54, 1.807) is 14.2 Å². The van der Waals surface area contributed by atoms with Gasteiger partial charge in [-0.2, -0.15) is 0 Å². The number of halogens is 1.